The van der Waals surface area contributed by atoms with Gasteiger partial charge in [0.05, 0.1) is 11.3 Å². The molecule has 1 aliphatic rings. The van der Waals surface area contributed by atoms with E-state index in [1.54, 1.807) is 35.7 Å². The van der Waals surface area contributed by atoms with Crippen LogP contribution in [-0.4, -0.2) is 20.0 Å². The minimum Gasteiger partial charge on any atom is -0.278 e. The molecule has 26 heavy (non-hydrogen) atoms. The SMILES string of the molecule is CC1CCCC/C1=N/NC(=O)c1ccccc1NS(=O)(=O)c1cccs1. The van der Waals surface area contributed by atoms with Crippen molar-refractivity contribution in [2.45, 2.75) is 36.8 Å². The first kappa shape index (κ1) is 18.6. The predicted octanol–water partition coefficient (Wildman–Crippen LogP) is 3.84. The Morgan fingerprint density at radius 3 is 2.73 bits per heavy atom. The molecular formula is C18H21N3O3S2. The second-order valence-corrected chi connectivity index (χ2v) is 9.13. The number of hydrogen-bond donors (Lipinski definition) is 2. The zero-order valence-electron chi connectivity index (χ0n) is 14.4. The molecule has 0 radical (unpaired) electrons. The quantitative estimate of drug-likeness (QED) is 0.759. The molecule has 3 rings (SSSR count). The monoisotopic (exact) mass is 391 g/mol. The minimum absolute atomic E-state index is 0.198. The van der Waals surface area contributed by atoms with Crippen molar-refractivity contribution in [2.24, 2.45) is 11.0 Å². The second-order valence-electron chi connectivity index (χ2n) is 6.27. The van der Waals surface area contributed by atoms with Crippen LogP contribution in [0.25, 0.3) is 0 Å². The van der Waals surface area contributed by atoms with E-state index in [9.17, 15) is 13.2 Å². The highest BCUT2D eigenvalue weighted by Gasteiger charge is 2.20. The summed E-state index contributed by atoms with van der Waals surface area (Å²) in [5.41, 5.74) is 4.03. The Bertz CT molecular complexity index is 906. The summed E-state index contributed by atoms with van der Waals surface area (Å²) in [6.45, 7) is 2.10. The predicted molar refractivity (Wildman–Crippen MR) is 104 cm³/mol. The average molecular weight is 392 g/mol. The van der Waals surface area contributed by atoms with E-state index >= 15 is 0 Å². The lowest BCUT2D eigenvalue weighted by Crippen LogP contribution is -2.25. The molecule has 1 unspecified atom stereocenters. The maximum atomic E-state index is 12.5. The lowest BCUT2D eigenvalue weighted by atomic mass is 9.89. The number of benzene rings is 1. The Morgan fingerprint density at radius 1 is 1.19 bits per heavy atom. The molecule has 0 saturated heterocycles. The van der Waals surface area contributed by atoms with Gasteiger partial charge in [-0.1, -0.05) is 31.5 Å². The highest BCUT2D eigenvalue weighted by molar-refractivity contribution is 7.94. The summed E-state index contributed by atoms with van der Waals surface area (Å²) >= 11 is 1.12. The summed E-state index contributed by atoms with van der Waals surface area (Å²) in [5.74, 6) is -0.0728. The molecule has 0 spiro atoms. The van der Waals surface area contributed by atoms with Gasteiger partial charge in [-0.2, -0.15) is 5.10 Å². The molecule has 8 heteroatoms. The van der Waals surface area contributed by atoms with E-state index in [4.69, 9.17) is 0 Å². The third-order valence-corrected chi connectivity index (χ3v) is 7.13. The average Bonchev–Trinajstić information content (AvgIpc) is 3.17. The number of anilines is 1. The number of carbonyl (C=O) groups is 1. The van der Waals surface area contributed by atoms with Crippen LogP contribution in [0.15, 0.2) is 51.1 Å². The first-order valence-corrected chi connectivity index (χ1v) is 10.9. The van der Waals surface area contributed by atoms with Crippen LogP contribution in [0, 0.1) is 5.92 Å². The zero-order chi connectivity index (χ0) is 18.6. The number of carbonyl (C=O) groups excluding carboxylic acids is 1. The Labute approximate surface area is 157 Å². The number of thiophene rings is 1. The van der Waals surface area contributed by atoms with Crippen molar-refractivity contribution in [3.8, 4) is 0 Å². The molecule has 0 bridgehead atoms. The van der Waals surface area contributed by atoms with Crippen LogP contribution in [0.3, 0.4) is 0 Å². The van der Waals surface area contributed by atoms with Gasteiger partial charge in [0.25, 0.3) is 15.9 Å². The smallest absolute Gasteiger partial charge is 0.273 e. The molecule has 138 valence electrons. The summed E-state index contributed by atoms with van der Waals surface area (Å²) in [7, 11) is -3.72. The van der Waals surface area contributed by atoms with Crippen LogP contribution < -0.4 is 10.1 Å². The molecule has 1 aromatic heterocycles. The summed E-state index contributed by atoms with van der Waals surface area (Å²) in [6.07, 6.45) is 4.22. The second kappa shape index (κ2) is 8.01. The van der Waals surface area contributed by atoms with E-state index < -0.39 is 15.9 Å². The maximum absolute atomic E-state index is 12.5. The van der Waals surface area contributed by atoms with Crippen LogP contribution in [-0.2, 0) is 10.0 Å². The van der Waals surface area contributed by atoms with Crippen LogP contribution in [0.5, 0.6) is 0 Å². The standard InChI is InChI=1S/C18H21N3O3S2/c1-13-7-2-4-9-15(13)19-20-18(22)14-8-3-5-10-16(14)21-26(23,24)17-11-6-12-25-17/h3,5-6,8,10-13,21H,2,4,7,9H2,1H3,(H,20,22)/b19-15-. The van der Waals surface area contributed by atoms with Gasteiger partial charge in [0.1, 0.15) is 4.21 Å². The van der Waals surface area contributed by atoms with E-state index in [-0.39, 0.29) is 15.5 Å². The highest BCUT2D eigenvalue weighted by Crippen LogP contribution is 2.23. The number of hydrazone groups is 1. The molecule has 2 aromatic rings. The number of rotatable bonds is 5. The fourth-order valence-corrected chi connectivity index (χ4v) is 4.97. The normalized spacial score (nSPS) is 19.3. The largest absolute Gasteiger partial charge is 0.278 e. The van der Waals surface area contributed by atoms with Crippen molar-refractivity contribution in [1.82, 2.24) is 5.43 Å². The number of nitrogens with zero attached hydrogens (tertiary/aromatic N) is 1. The van der Waals surface area contributed by atoms with Gasteiger partial charge in [0.15, 0.2) is 0 Å². The number of nitrogens with one attached hydrogen (secondary N) is 2. The van der Waals surface area contributed by atoms with E-state index in [1.807, 2.05) is 0 Å². The van der Waals surface area contributed by atoms with Crippen molar-refractivity contribution >= 4 is 38.7 Å². The van der Waals surface area contributed by atoms with Gasteiger partial charge >= 0.3 is 0 Å². The first-order valence-electron chi connectivity index (χ1n) is 8.49. The molecule has 6 nitrogen and oxygen atoms in total. The third kappa shape index (κ3) is 4.31. The summed E-state index contributed by atoms with van der Waals surface area (Å²) < 4.78 is 27.5. The van der Waals surface area contributed by atoms with Crippen LogP contribution in [0.2, 0.25) is 0 Å². The molecule has 1 aliphatic carbocycles. The Morgan fingerprint density at radius 2 is 2.00 bits per heavy atom. The van der Waals surface area contributed by atoms with E-state index in [0.717, 1.165) is 36.3 Å². The first-order chi connectivity index (χ1) is 12.5. The highest BCUT2D eigenvalue weighted by atomic mass is 32.2. The van der Waals surface area contributed by atoms with Crippen molar-refractivity contribution in [2.75, 3.05) is 4.72 Å². The summed E-state index contributed by atoms with van der Waals surface area (Å²) in [5, 5.41) is 5.96. The van der Waals surface area contributed by atoms with E-state index in [2.05, 4.69) is 22.2 Å². The molecular weight excluding hydrogens is 370 g/mol. The van der Waals surface area contributed by atoms with Gasteiger partial charge in [-0.25, -0.2) is 13.8 Å². The van der Waals surface area contributed by atoms with Gasteiger partial charge in [-0.15, -0.1) is 11.3 Å². The molecule has 2 N–H and O–H groups in total. The maximum Gasteiger partial charge on any atom is 0.273 e. The molecule has 1 saturated carbocycles. The summed E-state index contributed by atoms with van der Waals surface area (Å²) in [4.78, 5) is 12.5. The van der Waals surface area contributed by atoms with Gasteiger partial charge < -0.3 is 0 Å². The Hall–Kier alpha value is -2.19. The van der Waals surface area contributed by atoms with Crippen LogP contribution in [0.4, 0.5) is 5.69 Å². The van der Waals surface area contributed by atoms with Gasteiger partial charge in [-0.3, -0.25) is 9.52 Å². The molecule has 1 fully saturated rings. The fraction of sp³-hybridized carbons (Fsp3) is 0.333. The molecule has 1 atom stereocenters. The van der Waals surface area contributed by atoms with Gasteiger partial charge in [-0.05, 0) is 48.8 Å². The van der Waals surface area contributed by atoms with E-state index in [1.165, 1.54) is 12.5 Å². The van der Waals surface area contributed by atoms with Gasteiger partial charge in [0.2, 0.25) is 0 Å². The molecule has 1 aromatic carbocycles. The van der Waals surface area contributed by atoms with Crippen LogP contribution >= 0.6 is 11.3 Å². The molecule has 0 aliphatic heterocycles. The number of sulfonamides is 1. The third-order valence-electron chi connectivity index (χ3n) is 4.37. The van der Waals surface area contributed by atoms with Crippen molar-refractivity contribution in [3.63, 3.8) is 0 Å². The van der Waals surface area contributed by atoms with Crippen molar-refractivity contribution < 1.29 is 13.2 Å². The minimum atomic E-state index is -3.72. The Kier molecular flexibility index (Phi) is 5.73. The zero-order valence-corrected chi connectivity index (χ0v) is 16.1. The van der Waals surface area contributed by atoms with Crippen molar-refractivity contribution in [3.05, 3.63) is 47.3 Å². The molecule has 1 amide bonds. The lowest BCUT2D eigenvalue weighted by Gasteiger charge is -2.20. The van der Waals surface area contributed by atoms with Crippen molar-refractivity contribution in [1.29, 1.82) is 0 Å². The summed E-state index contributed by atoms with van der Waals surface area (Å²) in [6, 6.07) is 9.69. The Balaban J connectivity index is 1.78. The van der Waals surface area contributed by atoms with E-state index in [0.29, 0.717) is 5.92 Å². The van der Waals surface area contributed by atoms with Gasteiger partial charge in [0, 0.05) is 5.71 Å². The fourth-order valence-electron chi connectivity index (χ4n) is 2.90. The topological polar surface area (TPSA) is 87.6 Å². The number of amides is 1. The molecule has 1 heterocycles. The number of hydrogen-bond acceptors (Lipinski definition) is 5. The van der Waals surface area contributed by atoms with Crippen LogP contribution in [0.1, 0.15) is 43.0 Å². The number of para-hydroxylation sites is 1. The lowest BCUT2D eigenvalue weighted by molar-refractivity contribution is 0.0955.